The third-order valence-electron chi connectivity index (χ3n) is 3.86. The molecule has 0 N–H and O–H groups in total. The summed E-state index contributed by atoms with van der Waals surface area (Å²) in [5, 5.41) is 0.990. The maximum atomic E-state index is 12.6. The number of ketones is 1. The molecule has 1 unspecified atom stereocenters. The molecule has 4 nitrogen and oxygen atoms in total. The molecule has 0 amide bonds. The number of fused-ring (bicyclic) bond motifs is 1. The van der Waals surface area contributed by atoms with E-state index in [1.165, 1.54) is 0 Å². The van der Waals surface area contributed by atoms with Crippen molar-refractivity contribution in [2.75, 3.05) is 26.2 Å². The first kappa shape index (κ1) is 14.2. The molecule has 0 aliphatic carbocycles. The van der Waals surface area contributed by atoms with Crippen LogP contribution in [-0.4, -0.2) is 48.0 Å². The number of carbonyl (C=O) groups is 1. The van der Waals surface area contributed by atoms with Crippen molar-refractivity contribution in [3.8, 4) is 0 Å². The number of aromatic nitrogens is 1. The Kier molecular flexibility index (Phi) is 4.27. The molecule has 0 radical (unpaired) electrons. The van der Waals surface area contributed by atoms with Gasteiger partial charge in [0.1, 0.15) is 6.10 Å². The van der Waals surface area contributed by atoms with E-state index in [2.05, 4.69) is 16.8 Å². The molecule has 1 aliphatic heterocycles. The van der Waals surface area contributed by atoms with E-state index in [9.17, 15) is 4.79 Å². The zero-order chi connectivity index (χ0) is 14.7. The van der Waals surface area contributed by atoms with Gasteiger partial charge in [-0.05, 0) is 25.1 Å². The molecular weight excluding hydrogens is 264 g/mol. The number of ether oxygens (including phenoxy) is 1. The van der Waals surface area contributed by atoms with Crippen molar-refractivity contribution in [3.63, 3.8) is 0 Å². The predicted molar refractivity (Wildman–Crippen MR) is 82.5 cm³/mol. The van der Waals surface area contributed by atoms with Gasteiger partial charge in [-0.15, -0.1) is 0 Å². The number of nitrogens with zero attached hydrogens (tertiary/aromatic N) is 2. The minimum Gasteiger partial charge on any atom is -0.367 e. The van der Waals surface area contributed by atoms with E-state index in [0.717, 1.165) is 30.4 Å². The minimum absolute atomic E-state index is 0.0362. The molecule has 1 atom stereocenters. The van der Waals surface area contributed by atoms with Crippen LogP contribution in [0.2, 0.25) is 0 Å². The lowest BCUT2D eigenvalue weighted by atomic mass is 10.0. The van der Waals surface area contributed by atoms with Crippen LogP contribution in [0.5, 0.6) is 0 Å². The van der Waals surface area contributed by atoms with E-state index < -0.39 is 0 Å². The minimum atomic E-state index is -0.367. The second-order valence-electron chi connectivity index (χ2n) is 5.44. The van der Waals surface area contributed by atoms with E-state index >= 15 is 0 Å². The summed E-state index contributed by atoms with van der Waals surface area (Å²) < 4.78 is 5.66. The van der Waals surface area contributed by atoms with Crippen molar-refractivity contribution in [3.05, 3.63) is 42.1 Å². The normalized spacial score (nSPS) is 19.8. The number of hydrogen-bond donors (Lipinski definition) is 0. The molecule has 3 rings (SSSR count). The summed E-state index contributed by atoms with van der Waals surface area (Å²) in [5.74, 6) is 0.0362. The number of pyridine rings is 1. The lowest BCUT2D eigenvalue weighted by Gasteiger charge is -2.31. The fourth-order valence-electron chi connectivity index (χ4n) is 2.77. The quantitative estimate of drug-likeness (QED) is 0.809. The van der Waals surface area contributed by atoms with Crippen LogP contribution < -0.4 is 0 Å². The van der Waals surface area contributed by atoms with Crippen LogP contribution in [0.25, 0.3) is 10.9 Å². The highest BCUT2D eigenvalue weighted by Gasteiger charge is 2.27. The zero-order valence-electron chi connectivity index (χ0n) is 12.3. The molecule has 1 aromatic carbocycles. The second-order valence-corrected chi connectivity index (χ2v) is 5.44. The molecule has 1 saturated heterocycles. The standard InChI is InChI=1S/C17H20N2O2/c1-2-7-19-8-9-21-16(12-19)17(20)14-10-13-5-3-4-6-15(13)18-11-14/h3-6,10-11,16H,2,7-9,12H2,1H3. The van der Waals surface area contributed by atoms with Gasteiger partial charge in [-0.3, -0.25) is 14.7 Å². The summed E-state index contributed by atoms with van der Waals surface area (Å²) in [6.45, 7) is 5.38. The number of benzene rings is 1. The lowest BCUT2D eigenvalue weighted by Crippen LogP contribution is -2.46. The summed E-state index contributed by atoms with van der Waals surface area (Å²) in [4.78, 5) is 19.3. The first-order valence-electron chi connectivity index (χ1n) is 7.51. The highest BCUT2D eigenvalue weighted by atomic mass is 16.5. The molecular formula is C17H20N2O2. The SMILES string of the molecule is CCCN1CCOC(C(=O)c2cnc3ccccc3c2)C1. The molecule has 0 bridgehead atoms. The predicted octanol–water partition coefficient (Wildman–Crippen LogP) is 2.53. The third kappa shape index (κ3) is 3.12. The fourth-order valence-corrected chi connectivity index (χ4v) is 2.77. The van der Waals surface area contributed by atoms with Crippen molar-refractivity contribution in [2.24, 2.45) is 0 Å². The number of morpholine rings is 1. The zero-order valence-corrected chi connectivity index (χ0v) is 12.3. The molecule has 2 heterocycles. The number of hydrogen-bond acceptors (Lipinski definition) is 4. The maximum absolute atomic E-state index is 12.6. The Morgan fingerprint density at radius 1 is 1.43 bits per heavy atom. The highest BCUT2D eigenvalue weighted by Crippen LogP contribution is 2.16. The summed E-state index contributed by atoms with van der Waals surface area (Å²) in [6, 6.07) is 9.74. The lowest BCUT2D eigenvalue weighted by molar-refractivity contribution is -0.0163. The Bertz CT molecular complexity index is 639. The number of para-hydroxylation sites is 1. The van der Waals surface area contributed by atoms with Crippen molar-refractivity contribution < 1.29 is 9.53 Å². The number of rotatable bonds is 4. The molecule has 4 heteroatoms. The monoisotopic (exact) mass is 284 g/mol. The largest absolute Gasteiger partial charge is 0.367 e. The Labute approximate surface area is 124 Å². The Balaban J connectivity index is 1.79. The third-order valence-corrected chi connectivity index (χ3v) is 3.86. The molecule has 1 aromatic heterocycles. The van der Waals surface area contributed by atoms with E-state index in [-0.39, 0.29) is 11.9 Å². The van der Waals surface area contributed by atoms with E-state index in [0.29, 0.717) is 18.7 Å². The van der Waals surface area contributed by atoms with Gasteiger partial charge in [0.2, 0.25) is 0 Å². The number of Topliss-reactive ketones (excluding diaryl/α,β-unsaturated/α-hetero) is 1. The first-order chi connectivity index (χ1) is 10.3. The van der Waals surface area contributed by atoms with Gasteiger partial charge in [0.15, 0.2) is 5.78 Å². The van der Waals surface area contributed by atoms with E-state index in [4.69, 9.17) is 4.74 Å². The Morgan fingerprint density at radius 3 is 3.14 bits per heavy atom. The molecule has 1 fully saturated rings. The summed E-state index contributed by atoms with van der Waals surface area (Å²) in [6.07, 6.45) is 2.39. The smallest absolute Gasteiger partial charge is 0.194 e. The van der Waals surface area contributed by atoms with Gasteiger partial charge in [-0.1, -0.05) is 25.1 Å². The van der Waals surface area contributed by atoms with Crippen LogP contribution in [0, 0.1) is 0 Å². The van der Waals surface area contributed by atoms with Crippen molar-refractivity contribution >= 4 is 16.7 Å². The van der Waals surface area contributed by atoms with Gasteiger partial charge in [-0.2, -0.15) is 0 Å². The molecule has 21 heavy (non-hydrogen) atoms. The molecule has 2 aromatic rings. The van der Waals surface area contributed by atoms with Crippen molar-refractivity contribution in [1.29, 1.82) is 0 Å². The van der Waals surface area contributed by atoms with Gasteiger partial charge in [0.25, 0.3) is 0 Å². The average Bonchev–Trinajstić information content (AvgIpc) is 2.54. The topological polar surface area (TPSA) is 42.4 Å². The average molecular weight is 284 g/mol. The van der Waals surface area contributed by atoms with E-state index in [1.807, 2.05) is 30.3 Å². The summed E-state index contributed by atoms with van der Waals surface area (Å²) in [5.41, 5.74) is 1.54. The summed E-state index contributed by atoms with van der Waals surface area (Å²) in [7, 11) is 0. The van der Waals surface area contributed by atoms with Crippen molar-refractivity contribution in [1.82, 2.24) is 9.88 Å². The molecule has 1 aliphatic rings. The van der Waals surface area contributed by atoms with Crippen LogP contribution in [0.1, 0.15) is 23.7 Å². The molecule has 110 valence electrons. The molecule has 0 saturated carbocycles. The van der Waals surface area contributed by atoms with Crippen molar-refractivity contribution in [2.45, 2.75) is 19.4 Å². The van der Waals surface area contributed by atoms with Gasteiger partial charge in [0, 0.05) is 30.2 Å². The summed E-state index contributed by atoms with van der Waals surface area (Å²) >= 11 is 0. The Morgan fingerprint density at radius 2 is 2.29 bits per heavy atom. The van der Waals surface area contributed by atoms with Crippen LogP contribution in [-0.2, 0) is 4.74 Å². The molecule has 0 spiro atoms. The van der Waals surface area contributed by atoms with Gasteiger partial charge in [-0.25, -0.2) is 0 Å². The number of carbonyl (C=O) groups excluding carboxylic acids is 1. The first-order valence-corrected chi connectivity index (χ1v) is 7.51. The highest BCUT2D eigenvalue weighted by molar-refractivity contribution is 6.01. The van der Waals surface area contributed by atoms with Crippen LogP contribution >= 0.6 is 0 Å². The van der Waals surface area contributed by atoms with Gasteiger partial charge < -0.3 is 4.74 Å². The Hall–Kier alpha value is -1.78. The fraction of sp³-hybridized carbons (Fsp3) is 0.412. The van der Waals surface area contributed by atoms with Crippen LogP contribution in [0.15, 0.2) is 36.5 Å². The van der Waals surface area contributed by atoms with Crippen LogP contribution in [0.3, 0.4) is 0 Å². The maximum Gasteiger partial charge on any atom is 0.194 e. The van der Waals surface area contributed by atoms with Gasteiger partial charge >= 0.3 is 0 Å². The van der Waals surface area contributed by atoms with Gasteiger partial charge in [0.05, 0.1) is 12.1 Å². The van der Waals surface area contributed by atoms with E-state index in [1.54, 1.807) is 6.20 Å². The van der Waals surface area contributed by atoms with Crippen LogP contribution in [0.4, 0.5) is 0 Å². The second kappa shape index (κ2) is 6.33.